The molecule has 1 aliphatic heterocycles. The van der Waals surface area contributed by atoms with E-state index in [1.54, 1.807) is 63.7 Å². The topological polar surface area (TPSA) is 86.3 Å². The van der Waals surface area contributed by atoms with Crippen molar-refractivity contribution in [2.75, 3.05) is 38.7 Å². The summed E-state index contributed by atoms with van der Waals surface area (Å²) in [6.45, 7) is 0. The average Bonchev–Trinajstić information content (AvgIpc) is 2.92. The number of piperidine rings is 1. The minimum absolute atomic E-state index is 0.0645. The van der Waals surface area contributed by atoms with Crippen LogP contribution in [0.25, 0.3) is 0 Å². The first-order valence-electron chi connectivity index (χ1n) is 11.6. The second-order valence-corrected chi connectivity index (χ2v) is 8.39. The van der Waals surface area contributed by atoms with Crippen LogP contribution in [0.2, 0.25) is 0 Å². The van der Waals surface area contributed by atoms with Crippen LogP contribution in [-0.4, -0.2) is 40.3 Å². The summed E-state index contributed by atoms with van der Waals surface area (Å²) in [5, 5.41) is 3.01. The van der Waals surface area contributed by atoms with E-state index in [0.717, 1.165) is 5.56 Å². The van der Waals surface area contributed by atoms with Crippen LogP contribution in [0.5, 0.6) is 23.0 Å². The Labute approximate surface area is 210 Å². The second-order valence-electron chi connectivity index (χ2n) is 8.39. The lowest BCUT2D eigenvalue weighted by atomic mass is 9.83. The molecule has 3 aromatic carbocycles. The molecule has 36 heavy (non-hydrogen) atoms. The van der Waals surface area contributed by atoms with Gasteiger partial charge in [0.1, 0.15) is 11.5 Å². The van der Waals surface area contributed by atoms with Crippen molar-refractivity contribution in [1.82, 2.24) is 0 Å². The Bertz CT molecular complexity index is 1230. The summed E-state index contributed by atoms with van der Waals surface area (Å²) in [6, 6.07) is 19.4. The molecule has 188 valence electrons. The summed E-state index contributed by atoms with van der Waals surface area (Å²) in [5.74, 6) is 1.64. The van der Waals surface area contributed by atoms with E-state index < -0.39 is 12.0 Å². The maximum atomic E-state index is 13.6. The fraction of sp³-hybridized carbons (Fsp3) is 0.286. The van der Waals surface area contributed by atoms with Gasteiger partial charge in [-0.2, -0.15) is 0 Å². The normalized spacial score (nSPS) is 17.3. The highest BCUT2D eigenvalue weighted by Gasteiger charge is 2.42. The van der Waals surface area contributed by atoms with E-state index in [-0.39, 0.29) is 18.2 Å². The molecule has 0 aliphatic carbocycles. The van der Waals surface area contributed by atoms with Gasteiger partial charge < -0.3 is 29.2 Å². The molecule has 1 saturated heterocycles. The highest BCUT2D eigenvalue weighted by atomic mass is 16.5. The fourth-order valence-corrected chi connectivity index (χ4v) is 4.57. The molecule has 0 saturated carbocycles. The van der Waals surface area contributed by atoms with Crippen LogP contribution < -0.4 is 29.2 Å². The number of hydrogen-bond acceptors (Lipinski definition) is 6. The third-order valence-corrected chi connectivity index (χ3v) is 6.37. The van der Waals surface area contributed by atoms with Crippen molar-refractivity contribution in [3.8, 4) is 23.0 Å². The lowest BCUT2D eigenvalue weighted by Gasteiger charge is -2.41. The average molecular weight is 491 g/mol. The number of nitrogens with zero attached hydrogens (tertiary/aromatic N) is 1. The van der Waals surface area contributed by atoms with Gasteiger partial charge in [0, 0.05) is 23.9 Å². The van der Waals surface area contributed by atoms with Crippen LogP contribution in [0.15, 0.2) is 66.7 Å². The Morgan fingerprint density at radius 2 is 1.56 bits per heavy atom. The van der Waals surface area contributed by atoms with Gasteiger partial charge in [-0.05, 0) is 60.5 Å². The van der Waals surface area contributed by atoms with Gasteiger partial charge in [-0.3, -0.25) is 9.59 Å². The maximum Gasteiger partial charge on any atom is 0.229 e. The number of rotatable bonds is 8. The van der Waals surface area contributed by atoms with E-state index in [1.165, 1.54) is 0 Å². The van der Waals surface area contributed by atoms with Gasteiger partial charge in [0.25, 0.3) is 0 Å². The van der Waals surface area contributed by atoms with Crippen LogP contribution in [0.1, 0.15) is 24.4 Å². The lowest BCUT2D eigenvalue weighted by molar-refractivity contribution is -0.125. The van der Waals surface area contributed by atoms with Crippen LogP contribution in [0, 0.1) is 5.92 Å². The van der Waals surface area contributed by atoms with Gasteiger partial charge in [0.2, 0.25) is 11.8 Å². The number of nitrogens with one attached hydrogen (secondary N) is 1. The van der Waals surface area contributed by atoms with Crippen LogP contribution >= 0.6 is 0 Å². The smallest absolute Gasteiger partial charge is 0.229 e. The largest absolute Gasteiger partial charge is 0.497 e. The van der Waals surface area contributed by atoms with Gasteiger partial charge in [-0.15, -0.1) is 0 Å². The molecule has 1 fully saturated rings. The number of carbonyl (C=O) groups is 2. The van der Waals surface area contributed by atoms with Crippen LogP contribution in [0.4, 0.5) is 11.4 Å². The molecule has 0 bridgehead atoms. The third kappa shape index (κ3) is 5.07. The van der Waals surface area contributed by atoms with Gasteiger partial charge in [-0.1, -0.05) is 12.1 Å². The van der Waals surface area contributed by atoms with Crippen molar-refractivity contribution in [3.63, 3.8) is 0 Å². The van der Waals surface area contributed by atoms with E-state index in [9.17, 15) is 9.59 Å². The van der Waals surface area contributed by atoms with Gasteiger partial charge in [0.15, 0.2) is 11.5 Å². The van der Waals surface area contributed by atoms with E-state index in [4.69, 9.17) is 18.9 Å². The Hall–Kier alpha value is -4.20. The van der Waals surface area contributed by atoms with Crippen molar-refractivity contribution in [2.45, 2.75) is 18.9 Å². The highest BCUT2D eigenvalue weighted by molar-refractivity contribution is 6.00. The van der Waals surface area contributed by atoms with Crippen molar-refractivity contribution < 1.29 is 28.5 Å². The van der Waals surface area contributed by atoms with Crippen molar-refractivity contribution >= 4 is 23.2 Å². The molecule has 2 atom stereocenters. The van der Waals surface area contributed by atoms with Crippen molar-refractivity contribution in [3.05, 3.63) is 72.3 Å². The monoisotopic (exact) mass is 490 g/mol. The fourth-order valence-electron chi connectivity index (χ4n) is 4.57. The van der Waals surface area contributed by atoms with Crippen molar-refractivity contribution in [1.29, 1.82) is 0 Å². The number of benzene rings is 3. The molecule has 1 aliphatic rings. The molecular formula is C28H30N2O6. The molecule has 8 nitrogen and oxygen atoms in total. The first kappa shape index (κ1) is 24.9. The Balaban J connectivity index is 1.77. The molecule has 1 N–H and O–H groups in total. The first-order valence-corrected chi connectivity index (χ1v) is 11.6. The molecule has 8 heteroatoms. The zero-order valence-electron chi connectivity index (χ0n) is 20.8. The van der Waals surface area contributed by atoms with Gasteiger partial charge >= 0.3 is 0 Å². The second kappa shape index (κ2) is 11.0. The summed E-state index contributed by atoms with van der Waals surface area (Å²) in [7, 11) is 6.29. The number of hydrogen-bond donors (Lipinski definition) is 1. The minimum Gasteiger partial charge on any atom is -0.497 e. The van der Waals surface area contributed by atoms with E-state index in [2.05, 4.69) is 5.32 Å². The predicted molar refractivity (Wildman–Crippen MR) is 137 cm³/mol. The van der Waals surface area contributed by atoms with E-state index in [1.807, 2.05) is 36.4 Å². The molecule has 1 heterocycles. The predicted octanol–water partition coefficient (Wildman–Crippen LogP) is 4.84. The van der Waals surface area contributed by atoms with Crippen LogP contribution in [0.3, 0.4) is 0 Å². The number of amides is 2. The molecule has 3 aromatic rings. The standard InChI is InChI=1S/C28H30N2O6/c1-33-21-11-9-20(10-12-21)30-26(31)15-13-23(28(32)29-19-6-5-7-22(17-19)34-2)27(30)18-8-14-24(35-3)25(16-18)36-4/h5-12,14,16-17,23,27H,13,15H2,1-4H3,(H,29,32)/t23-,27-/m0/s1. The summed E-state index contributed by atoms with van der Waals surface area (Å²) < 4.78 is 21.5. The zero-order chi connectivity index (χ0) is 25.7. The molecule has 4 rings (SSSR count). The van der Waals surface area contributed by atoms with Crippen LogP contribution in [-0.2, 0) is 9.59 Å². The van der Waals surface area contributed by atoms with Gasteiger partial charge in [-0.25, -0.2) is 0 Å². The zero-order valence-corrected chi connectivity index (χ0v) is 20.8. The molecule has 2 amide bonds. The number of ether oxygens (including phenoxy) is 4. The molecular weight excluding hydrogens is 460 g/mol. The quantitative estimate of drug-likeness (QED) is 0.486. The summed E-state index contributed by atoms with van der Waals surface area (Å²) >= 11 is 0. The maximum absolute atomic E-state index is 13.6. The summed E-state index contributed by atoms with van der Waals surface area (Å²) in [5.41, 5.74) is 2.07. The molecule has 0 spiro atoms. The lowest BCUT2D eigenvalue weighted by Crippen LogP contribution is -2.47. The van der Waals surface area contributed by atoms with E-state index in [0.29, 0.717) is 40.8 Å². The van der Waals surface area contributed by atoms with Gasteiger partial charge in [0.05, 0.1) is 40.4 Å². The third-order valence-electron chi connectivity index (χ3n) is 6.37. The first-order chi connectivity index (χ1) is 17.5. The Morgan fingerprint density at radius 3 is 2.22 bits per heavy atom. The Kier molecular flexibility index (Phi) is 7.63. The molecule has 0 radical (unpaired) electrons. The van der Waals surface area contributed by atoms with Crippen molar-refractivity contribution in [2.24, 2.45) is 5.92 Å². The summed E-state index contributed by atoms with van der Waals surface area (Å²) in [6.07, 6.45) is 0.645. The summed E-state index contributed by atoms with van der Waals surface area (Å²) in [4.78, 5) is 28.7. The minimum atomic E-state index is -0.565. The SMILES string of the molecule is COc1ccc(N2C(=O)CC[C@H](C(=O)Nc3cccc(OC)c3)[C@@H]2c2ccc(OC)c(OC)c2)cc1. The Morgan fingerprint density at radius 1 is 0.833 bits per heavy atom. The molecule has 0 aromatic heterocycles. The highest BCUT2D eigenvalue weighted by Crippen LogP contribution is 2.43. The van der Waals surface area contributed by atoms with E-state index >= 15 is 0 Å². The number of methoxy groups -OCH3 is 4. The number of carbonyl (C=O) groups excluding carboxylic acids is 2. The number of anilines is 2. The molecule has 0 unspecified atom stereocenters.